The van der Waals surface area contributed by atoms with Crippen molar-refractivity contribution in [3.8, 4) is 11.5 Å². The van der Waals surface area contributed by atoms with Crippen molar-refractivity contribution < 1.29 is 27.1 Å². The van der Waals surface area contributed by atoms with Crippen molar-refractivity contribution in [3.05, 3.63) is 39.9 Å². The maximum atomic E-state index is 13.2. The second-order valence-electron chi connectivity index (χ2n) is 5.68. The first-order chi connectivity index (χ1) is 11.8. The molecule has 0 atom stereocenters. The molecule has 1 aliphatic heterocycles. The third-order valence-corrected chi connectivity index (χ3v) is 3.74. The summed E-state index contributed by atoms with van der Waals surface area (Å²) in [7, 11) is 0. The van der Waals surface area contributed by atoms with Crippen molar-refractivity contribution in [2.75, 3.05) is 13.2 Å². The summed E-state index contributed by atoms with van der Waals surface area (Å²) in [6.07, 6.45) is -4.80. The third kappa shape index (κ3) is 4.85. The Hall–Kier alpha value is -1.88. The molecule has 11 heteroatoms. The van der Waals surface area contributed by atoms with Gasteiger partial charge in [-0.25, -0.2) is 9.89 Å². The molecule has 2 aromatic rings. The van der Waals surface area contributed by atoms with Gasteiger partial charge in [-0.15, -0.1) is 17.5 Å². The number of rotatable bonds is 4. The van der Waals surface area contributed by atoms with Crippen LogP contribution in [0.25, 0.3) is 11.5 Å². The van der Waals surface area contributed by atoms with E-state index in [0.717, 1.165) is 6.07 Å². The van der Waals surface area contributed by atoms with Crippen molar-refractivity contribution in [1.29, 1.82) is 0 Å². The molecule has 26 heavy (non-hydrogen) atoms. The second kappa shape index (κ2) is 8.21. The van der Waals surface area contributed by atoms with Gasteiger partial charge in [0.1, 0.15) is 0 Å². The molecule has 0 bridgehead atoms. The van der Waals surface area contributed by atoms with Crippen LogP contribution in [-0.2, 0) is 22.1 Å². The molecule has 1 fully saturated rings. The van der Waals surface area contributed by atoms with E-state index in [9.17, 15) is 18.0 Å². The number of aromatic amines is 1. The number of benzene rings is 1. The molecule has 3 rings (SSSR count). The summed E-state index contributed by atoms with van der Waals surface area (Å²) in [5, 5.41) is 5.70. The van der Waals surface area contributed by atoms with Crippen molar-refractivity contribution in [2.45, 2.75) is 31.3 Å². The molecule has 0 unspecified atom stereocenters. The lowest BCUT2D eigenvalue weighted by molar-refractivity contribution is -0.187. The van der Waals surface area contributed by atoms with E-state index in [-0.39, 0.29) is 48.3 Å². The third-order valence-electron chi connectivity index (χ3n) is 3.74. The van der Waals surface area contributed by atoms with Crippen molar-refractivity contribution in [2.24, 2.45) is 5.73 Å². The molecule has 3 N–H and O–H groups in total. The van der Waals surface area contributed by atoms with Gasteiger partial charge in [0.05, 0.1) is 24.8 Å². The highest BCUT2D eigenvalue weighted by atomic mass is 35.5. The van der Waals surface area contributed by atoms with E-state index in [1.54, 1.807) is 0 Å². The van der Waals surface area contributed by atoms with Crippen molar-refractivity contribution in [1.82, 2.24) is 10.2 Å². The van der Waals surface area contributed by atoms with E-state index >= 15 is 0 Å². The minimum Gasteiger partial charge on any atom is -0.388 e. The molecule has 0 amide bonds. The summed E-state index contributed by atoms with van der Waals surface area (Å²) in [5.41, 5.74) is 5.18. The predicted octanol–water partition coefficient (Wildman–Crippen LogP) is 2.10. The molecule has 7 nitrogen and oxygen atoms in total. The summed E-state index contributed by atoms with van der Waals surface area (Å²) < 4.78 is 55.2. The Kier molecular flexibility index (Phi) is 6.45. The number of ether oxygens (including phenoxy) is 2. The number of aryl methyl sites for hydroxylation is 1. The van der Waals surface area contributed by atoms with Gasteiger partial charge in [-0.1, -0.05) is 0 Å². The highest BCUT2D eigenvalue weighted by molar-refractivity contribution is 5.85. The fraction of sp³-hybridized carbons (Fsp3) is 0.467. The highest BCUT2D eigenvalue weighted by Gasteiger charge is 2.34. The van der Waals surface area contributed by atoms with Gasteiger partial charge >= 0.3 is 11.9 Å². The molecule has 1 saturated heterocycles. The van der Waals surface area contributed by atoms with Gasteiger partial charge in [-0.2, -0.15) is 13.2 Å². The van der Waals surface area contributed by atoms with Crippen LogP contribution in [0.2, 0.25) is 0 Å². The number of alkyl halides is 3. The molecule has 1 aromatic heterocycles. The van der Waals surface area contributed by atoms with Crippen LogP contribution in [0.1, 0.15) is 17.5 Å². The molecule has 0 spiro atoms. The van der Waals surface area contributed by atoms with Crippen molar-refractivity contribution in [3.63, 3.8) is 0 Å². The molecule has 0 radical (unpaired) electrons. The average molecular weight is 396 g/mol. The summed E-state index contributed by atoms with van der Waals surface area (Å²) in [5.74, 6) is -0.854. The Balaban J connectivity index is 0.00000243. The lowest BCUT2D eigenvalue weighted by Gasteiger charge is -2.27. The standard InChI is InChI=1S/C15H16F3N3O4.ClH/c16-15(17,18)11-3-1-9(13-20-21-14(22)25-13)5-8(11)2-4-12-23-6-10(19)7-24-12;/h1,3,5,10,12H,2,4,6-7,19H2,(H,21,22);1H. The number of nitrogens with zero attached hydrogens (tertiary/aromatic N) is 1. The molecule has 1 aliphatic rings. The normalized spacial score (nSPS) is 20.6. The van der Waals surface area contributed by atoms with E-state index in [0.29, 0.717) is 13.2 Å². The van der Waals surface area contributed by atoms with Crippen LogP contribution in [0, 0.1) is 0 Å². The number of hydrogen-bond donors (Lipinski definition) is 2. The smallest absolute Gasteiger partial charge is 0.388 e. The largest absolute Gasteiger partial charge is 0.434 e. The van der Waals surface area contributed by atoms with Crippen LogP contribution in [0.5, 0.6) is 0 Å². The minimum atomic E-state index is -4.50. The summed E-state index contributed by atoms with van der Waals surface area (Å²) in [6.45, 7) is 0.602. The van der Waals surface area contributed by atoms with E-state index in [2.05, 4.69) is 10.2 Å². The van der Waals surface area contributed by atoms with E-state index in [1.807, 2.05) is 0 Å². The lowest BCUT2D eigenvalue weighted by Crippen LogP contribution is -2.41. The molecule has 1 aromatic carbocycles. The van der Waals surface area contributed by atoms with Gasteiger partial charge in [0, 0.05) is 12.0 Å². The minimum absolute atomic E-state index is 0. The first-order valence-corrected chi connectivity index (χ1v) is 7.57. The quantitative estimate of drug-likeness (QED) is 0.821. The number of aromatic nitrogens is 2. The molecule has 144 valence electrons. The highest BCUT2D eigenvalue weighted by Crippen LogP contribution is 2.34. The first-order valence-electron chi connectivity index (χ1n) is 7.57. The molecule has 0 saturated carbocycles. The van der Waals surface area contributed by atoms with Gasteiger partial charge in [0.2, 0.25) is 5.89 Å². The Morgan fingerprint density at radius 2 is 1.96 bits per heavy atom. The maximum Gasteiger partial charge on any atom is 0.434 e. The number of halogens is 4. The number of nitrogens with one attached hydrogen (secondary N) is 1. The van der Waals surface area contributed by atoms with Gasteiger partial charge in [-0.05, 0) is 30.2 Å². The second-order valence-corrected chi connectivity index (χ2v) is 5.68. The topological polar surface area (TPSA) is 103 Å². The zero-order valence-electron chi connectivity index (χ0n) is 13.4. The van der Waals surface area contributed by atoms with Crippen molar-refractivity contribution >= 4 is 12.4 Å². The number of nitrogens with two attached hydrogens (primary N) is 1. The summed E-state index contributed by atoms with van der Waals surface area (Å²) in [4.78, 5) is 11.0. The molecule has 0 aliphatic carbocycles. The SMILES string of the molecule is Cl.NC1COC(CCc2cc(-c3n[nH]c(=O)o3)ccc2C(F)(F)F)OC1. The van der Waals surface area contributed by atoms with Crippen LogP contribution in [0.15, 0.2) is 27.4 Å². The summed E-state index contributed by atoms with van der Waals surface area (Å²) >= 11 is 0. The molecular weight excluding hydrogens is 379 g/mol. The van der Waals surface area contributed by atoms with Crippen LogP contribution < -0.4 is 11.5 Å². The predicted molar refractivity (Wildman–Crippen MR) is 86.8 cm³/mol. The lowest BCUT2D eigenvalue weighted by atomic mass is 9.99. The monoisotopic (exact) mass is 395 g/mol. The van der Waals surface area contributed by atoms with E-state index in [4.69, 9.17) is 19.6 Å². The van der Waals surface area contributed by atoms with Gasteiger partial charge in [0.15, 0.2) is 6.29 Å². The number of H-pyrrole nitrogens is 1. The average Bonchev–Trinajstić information content (AvgIpc) is 3.00. The Labute approximate surface area is 152 Å². The Bertz CT molecular complexity index is 785. The zero-order valence-corrected chi connectivity index (χ0v) is 14.2. The fourth-order valence-corrected chi connectivity index (χ4v) is 2.56. The van der Waals surface area contributed by atoms with Crippen LogP contribution in [0.4, 0.5) is 13.2 Å². The molecular formula is C15H17ClF3N3O4. The van der Waals surface area contributed by atoms with Gasteiger partial charge in [0.25, 0.3) is 0 Å². The van der Waals surface area contributed by atoms with Gasteiger partial charge < -0.3 is 19.6 Å². The first kappa shape index (κ1) is 20.4. The van der Waals surface area contributed by atoms with Crippen LogP contribution in [0.3, 0.4) is 0 Å². The summed E-state index contributed by atoms with van der Waals surface area (Å²) in [6, 6.07) is 3.22. The van der Waals surface area contributed by atoms with E-state index < -0.39 is 23.8 Å². The van der Waals surface area contributed by atoms with Gasteiger partial charge in [-0.3, -0.25) is 0 Å². The van der Waals surface area contributed by atoms with Crippen LogP contribution >= 0.6 is 12.4 Å². The molecule has 2 heterocycles. The Morgan fingerprint density at radius 1 is 1.27 bits per heavy atom. The fourth-order valence-electron chi connectivity index (χ4n) is 2.56. The zero-order chi connectivity index (χ0) is 18.0. The van der Waals surface area contributed by atoms with E-state index in [1.165, 1.54) is 12.1 Å². The Morgan fingerprint density at radius 3 is 2.54 bits per heavy atom. The number of hydrogen-bond acceptors (Lipinski definition) is 6. The maximum absolute atomic E-state index is 13.2. The van der Waals surface area contributed by atoms with Crippen LogP contribution in [-0.4, -0.2) is 35.7 Å².